The van der Waals surface area contributed by atoms with Crippen molar-refractivity contribution in [2.24, 2.45) is 0 Å². The first kappa shape index (κ1) is 22.2. The van der Waals surface area contributed by atoms with Crippen LogP contribution in [-0.2, 0) is 17.9 Å². The van der Waals surface area contributed by atoms with E-state index in [1.54, 1.807) is 36.4 Å². The molecule has 3 heterocycles. The van der Waals surface area contributed by atoms with Gasteiger partial charge in [-0.15, -0.1) is 10.2 Å². The molecule has 0 fully saturated rings. The van der Waals surface area contributed by atoms with Crippen LogP contribution >= 0.6 is 34.7 Å². The fourth-order valence-electron chi connectivity index (χ4n) is 3.05. The van der Waals surface area contributed by atoms with Gasteiger partial charge in [-0.2, -0.15) is 0 Å². The molecule has 0 unspecified atom stereocenters. The second-order valence-corrected chi connectivity index (χ2v) is 9.54. The maximum Gasteiger partial charge on any atom is 0.332 e. The molecule has 32 heavy (non-hydrogen) atoms. The number of rotatable bonds is 7. The largest absolute Gasteiger partial charge is 0.332 e. The lowest BCUT2D eigenvalue weighted by Crippen LogP contribution is -2.42. The maximum atomic E-state index is 13.2. The van der Waals surface area contributed by atoms with E-state index in [2.05, 4.69) is 20.5 Å². The SMILES string of the molecule is CCSc1nnc(NC(=O)Cn2c(=O)n(Cc3ccc(Cl)cc3)c(=O)c3ncccc32)s1. The molecule has 0 aliphatic rings. The number of nitrogens with one attached hydrogen (secondary N) is 1. The number of anilines is 1. The zero-order valence-electron chi connectivity index (χ0n) is 16.8. The van der Waals surface area contributed by atoms with Gasteiger partial charge in [0.2, 0.25) is 11.0 Å². The van der Waals surface area contributed by atoms with Crippen LogP contribution in [0.3, 0.4) is 0 Å². The predicted molar refractivity (Wildman–Crippen MR) is 126 cm³/mol. The number of hydrogen-bond acceptors (Lipinski definition) is 8. The molecular formula is C20H17ClN6O3S2. The highest BCUT2D eigenvalue weighted by molar-refractivity contribution is 8.01. The van der Waals surface area contributed by atoms with Crippen LogP contribution in [0.2, 0.25) is 5.02 Å². The molecular weight excluding hydrogens is 472 g/mol. The molecule has 9 nitrogen and oxygen atoms in total. The van der Waals surface area contributed by atoms with Crippen LogP contribution in [0.15, 0.2) is 56.5 Å². The summed E-state index contributed by atoms with van der Waals surface area (Å²) in [4.78, 5) is 43.0. The van der Waals surface area contributed by atoms with Gasteiger partial charge in [0.1, 0.15) is 6.54 Å². The van der Waals surface area contributed by atoms with Gasteiger partial charge in [0.25, 0.3) is 5.56 Å². The Kier molecular flexibility index (Phi) is 6.68. The number of amides is 1. The predicted octanol–water partition coefficient (Wildman–Crippen LogP) is 2.86. The number of aromatic nitrogens is 5. The Morgan fingerprint density at radius 2 is 1.94 bits per heavy atom. The molecule has 0 bridgehead atoms. The highest BCUT2D eigenvalue weighted by Crippen LogP contribution is 2.24. The first-order chi connectivity index (χ1) is 15.5. The topological polar surface area (TPSA) is 112 Å². The molecule has 4 rings (SSSR count). The third-order valence-corrected chi connectivity index (χ3v) is 6.57. The van der Waals surface area contributed by atoms with Crippen LogP contribution in [0.25, 0.3) is 11.0 Å². The number of nitrogens with zero attached hydrogens (tertiary/aromatic N) is 5. The number of pyridine rings is 1. The van der Waals surface area contributed by atoms with Crippen LogP contribution in [0, 0.1) is 0 Å². The van der Waals surface area contributed by atoms with Crippen molar-refractivity contribution >= 4 is 56.8 Å². The van der Waals surface area contributed by atoms with Crippen molar-refractivity contribution in [3.05, 3.63) is 74.0 Å². The Balaban J connectivity index is 1.69. The Morgan fingerprint density at radius 1 is 1.16 bits per heavy atom. The Morgan fingerprint density at radius 3 is 2.69 bits per heavy atom. The Hall–Kier alpha value is -3.02. The quantitative estimate of drug-likeness (QED) is 0.314. The van der Waals surface area contributed by atoms with Gasteiger partial charge in [-0.3, -0.25) is 24.0 Å². The van der Waals surface area contributed by atoms with Gasteiger partial charge in [0, 0.05) is 11.2 Å². The molecule has 0 aliphatic heterocycles. The van der Waals surface area contributed by atoms with Crippen molar-refractivity contribution < 1.29 is 4.79 Å². The molecule has 1 N–H and O–H groups in total. The number of benzene rings is 1. The average Bonchev–Trinajstić information content (AvgIpc) is 3.22. The van der Waals surface area contributed by atoms with Crippen molar-refractivity contribution in [1.29, 1.82) is 0 Å². The van der Waals surface area contributed by atoms with E-state index in [0.29, 0.717) is 10.2 Å². The van der Waals surface area contributed by atoms with Crippen molar-refractivity contribution in [3.8, 4) is 0 Å². The van der Waals surface area contributed by atoms with Gasteiger partial charge < -0.3 is 0 Å². The third-order valence-electron chi connectivity index (χ3n) is 4.46. The molecule has 0 aliphatic carbocycles. The average molecular weight is 489 g/mol. The monoisotopic (exact) mass is 488 g/mol. The van der Waals surface area contributed by atoms with Crippen molar-refractivity contribution in [2.45, 2.75) is 24.4 Å². The zero-order valence-corrected chi connectivity index (χ0v) is 19.2. The van der Waals surface area contributed by atoms with Gasteiger partial charge in [-0.05, 0) is 35.6 Å². The number of carbonyl (C=O) groups is 1. The number of fused-ring (bicyclic) bond motifs is 1. The second-order valence-electron chi connectivity index (χ2n) is 6.61. The summed E-state index contributed by atoms with van der Waals surface area (Å²) in [5.41, 5.74) is -0.0340. The van der Waals surface area contributed by atoms with Crippen LogP contribution in [-0.4, -0.2) is 36.0 Å². The van der Waals surface area contributed by atoms with E-state index >= 15 is 0 Å². The summed E-state index contributed by atoms with van der Waals surface area (Å²) < 4.78 is 3.04. The third kappa shape index (κ3) is 4.74. The summed E-state index contributed by atoms with van der Waals surface area (Å²) in [5.74, 6) is 0.379. The van der Waals surface area contributed by atoms with E-state index in [1.165, 1.54) is 33.9 Å². The minimum Gasteiger partial charge on any atom is -0.299 e. The molecule has 4 aromatic rings. The van der Waals surface area contributed by atoms with Gasteiger partial charge in [-0.25, -0.2) is 9.78 Å². The lowest BCUT2D eigenvalue weighted by Gasteiger charge is -2.13. The molecule has 0 radical (unpaired) electrons. The van der Waals surface area contributed by atoms with Gasteiger partial charge >= 0.3 is 5.69 Å². The van der Waals surface area contributed by atoms with E-state index in [0.717, 1.165) is 20.2 Å². The first-order valence-corrected chi connectivity index (χ1v) is 11.7. The summed E-state index contributed by atoms with van der Waals surface area (Å²) in [6.45, 7) is 1.71. The highest BCUT2D eigenvalue weighted by Gasteiger charge is 2.17. The van der Waals surface area contributed by atoms with E-state index < -0.39 is 17.2 Å². The Labute approximate surface area is 195 Å². The normalized spacial score (nSPS) is 11.1. The summed E-state index contributed by atoms with van der Waals surface area (Å²) >= 11 is 8.70. The molecule has 1 amide bonds. The molecule has 12 heteroatoms. The zero-order chi connectivity index (χ0) is 22.7. The summed E-state index contributed by atoms with van der Waals surface area (Å²) in [5, 5.41) is 11.5. The van der Waals surface area contributed by atoms with Gasteiger partial charge in [0.05, 0.1) is 12.1 Å². The second kappa shape index (κ2) is 9.63. The van der Waals surface area contributed by atoms with Crippen LogP contribution in [0.1, 0.15) is 12.5 Å². The number of thioether (sulfide) groups is 1. The molecule has 1 aromatic carbocycles. The summed E-state index contributed by atoms with van der Waals surface area (Å²) in [7, 11) is 0. The molecule has 164 valence electrons. The lowest BCUT2D eigenvalue weighted by molar-refractivity contribution is -0.116. The smallest absolute Gasteiger partial charge is 0.299 e. The van der Waals surface area contributed by atoms with Crippen molar-refractivity contribution in [2.75, 3.05) is 11.1 Å². The van der Waals surface area contributed by atoms with Crippen molar-refractivity contribution in [1.82, 2.24) is 24.3 Å². The summed E-state index contributed by atoms with van der Waals surface area (Å²) in [6.07, 6.45) is 1.47. The fourth-order valence-corrected chi connectivity index (χ4v) is 4.84. The van der Waals surface area contributed by atoms with Crippen molar-refractivity contribution in [3.63, 3.8) is 0 Å². The minimum absolute atomic E-state index is 0.0248. The van der Waals surface area contributed by atoms with E-state index in [1.807, 2.05) is 6.92 Å². The molecule has 0 spiro atoms. The maximum absolute atomic E-state index is 13.2. The number of hydrogen-bond donors (Lipinski definition) is 1. The molecule has 3 aromatic heterocycles. The van der Waals surface area contributed by atoms with Crippen LogP contribution < -0.4 is 16.6 Å². The fraction of sp³-hybridized carbons (Fsp3) is 0.200. The molecule has 0 atom stereocenters. The highest BCUT2D eigenvalue weighted by atomic mass is 35.5. The van der Waals surface area contributed by atoms with E-state index in [9.17, 15) is 14.4 Å². The standard InChI is InChI=1S/C20H17ClN6O3S2/c1-2-31-19-25-24-18(32-19)23-15(28)11-26-14-4-3-9-22-16(14)17(29)27(20(26)30)10-12-5-7-13(21)8-6-12/h3-9H,2,10-11H2,1H3,(H,23,24,28). The van der Waals surface area contributed by atoms with Crippen LogP contribution in [0.5, 0.6) is 0 Å². The first-order valence-electron chi connectivity index (χ1n) is 9.55. The van der Waals surface area contributed by atoms with E-state index in [-0.39, 0.29) is 24.1 Å². The van der Waals surface area contributed by atoms with E-state index in [4.69, 9.17) is 11.6 Å². The minimum atomic E-state index is -0.611. The molecule has 0 saturated heterocycles. The Bertz CT molecular complexity index is 1400. The number of carbonyl (C=O) groups excluding carboxylic acids is 1. The number of halogens is 1. The van der Waals surface area contributed by atoms with Gasteiger partial charge in [0.15, 0.2) is 9.86 Å². The lowest BCUT2D eigenvalue weighted by atomic mass is 10.2. The molecule has 0 saturated carbocycles. The van der Waals surface area contributed by atoms with Gasteiger partial charge in [-0.1, -0.05) is 53.8 Å². The summed E-state index contributed by atoms with van der Waals surface area (Å²) in [6, 6.07) is 10.0. The van der Waals surface area contributed by atoms with Crippen LogP contribution in [0.4, 0.5) is 5.13 Å².